The Labute approximate surface area is 71.2 Å². The quantitative estimate of drug-likeness (QED) is 0.513. The van der Waals surface area contributed by atoms with E-state index in [1.807, 2.05) is 13.8 Å². The summed E-state index contributed by atoms with van der Waals surface area (Å²) in [5.41, 5.74) is -0.484. The molecule has 1 unspecified atom stereocenters. The van der Waals surface area contributed by atoms with E-state index in [1.165, 1.54) is 0 Å². The van der Waals surface area contributed by atoms with Crippen LogP contribution in [-0.4, -0.2) is 16.7 Å². The van der Waals surface area contributed by atoms with Crippen molar-refractivity contribution in [1.82, 2.24) is 5.32 Å². The van der Waals surface area contributed by atoms with Crippen LogP contribution in [0.1, 0.15) is 13.8 Å². The van der Waals surface area contributed by atoms with Crippen molar-refractivity contribution in [2.75, 3.05) is 0 Å². The maximum Gasteiger partial charge on any atom is 0.405 e. The van der Waals surface area contributed by atoms with Gasteiger partial charge in [0.1, 0.15) is 5.50 Å². The van der Waals surface area contributed by atoms with E-state index in [-0.39, 0.29) is 18.3 Å². The number of alkyl halides is 1. The predicted molar refractivity (Wildman–Crippen MR) is 42.9 cm³/mol. The zero-order chi connectivity index (χ0) is 7.44. The highest BCUT2D eigenvalue weighted by atomic mass is 35.5. The van der Waals surface area contributed by atoms with Crippen LogP contribution in [0.25, 0.3) is 0 Å². The van der Waals surface area contributed by atoms with Gasteiger partial charge in [-0.25, -0.2) is 4.79 Å². The average Bonchev–Trinajstić information content (AvgIpc) is 1.63. The number of carbonyl (C=O) groups is 1. The van der Waals surface area contributed by atoms with Crippen LogP contribution in [0, 0.1) is 5.92 Å². The molecular formula is C5H11Cl2NO2. The van der Waals surface area contributed by atoms with Crippen molar-refractivity contribution in [3.8, 4) is 0 Å². The molecule has 2 N–H and O–H groups in total. The molecule has 0 bridgehead atoms. The molecular weight excluding hydrogens is 177 g/mol. The Morgan fingerprint density at radius 2 is 2.00 bits per heavy atom. The molecule has 0 aliphatic rings. The lowest BCUT2D eigenvalue weighted by Gasteiger charge is -2.11. The molecule has 0 aromatic rings. The van der Waals surface area contributed by atoms with Gasteiger partial charge in [-0.3, -0.25) is 0 Å². The highest BCUT2D eigenvalue weighted by Gasteiger charge is 2.10. The number of amides is 1. The molecule has 62 valence electrons. The van der Waals surface area contributed by atoms with Gasteiger partial charge in [0.25, 0.3) is 0 Å². The van der Waals surface area contributed by atoms with E-state index in [0.29, 0.717) is 0 Å². The van der Waals surface area contributed by atoms with E-state index in [9.17, 15) is 4.79 Å². The molecule has 10 heavy (non-hydrogen) atoms. The zero-order valence-corrected chi connectivity index (χ0v) is 7.37. The minimum atomic E-state index is -1.08. The molecule has 1 atom stereocenters. The normalized spacial score (nSPS) is 12.0. The minimum absolute atomic E-state index is 0. The largest absolute Gasteiger partial charge is 0.465 e. The first-order valence-electron chi connectivity index (χ1n) is 2.67. The van der Waals surface area contributed by atoms with Gasteiger partial charge in [-0.2, -0.15) is 0 Å². The van der Waals surface area contributed by atoms with Crippen LogP contribution in [-0.2, 0) is 0 Å². The molecule has 1 amide bonds. The summed E-state index contributed by atoms with van der Waals surface area (Å²) >= 11 is 5.52. The summed E-state index contributed by atoms with van der Waals surface area (Å²) in [7, 11) is 0. The van der Waals surface area contributed by atoms with E-state index in [4.69, 9.17) is 16.7 Å². The lowest BCUT2D eigenvalue weighted by Crippen LogP contribution is -2.32. The summed E-state index contributed by atoms with van der Waals surface area (Å²) in [6, 6.07) is 0. The van der Waals surface area contributed by atoms with Gasteiger partial charge in [0, 0.05) is 0 Å². The van der Waals surface area contributed by atoms with Crippen LogP contribution in [0.5, 0.6) is 0 Å². The van der Waals surface area contributed by atoms with Crippen LogP contribution >= 0.6 is 24.0 Å². The maximum absolute atomic E-state index is 9.92. The number of rotatable bonds is 2. The van der Waals surface area contributed by atoms with Crippen LogP contribution in [0.3, 0.4) is 0 Å². The Balaban J connectivity index is 0. The summed E-state index contributed by atoms with van der Waals surface area (Å²) < 4.78 is 0. The van der Waals surface area contributed by atoms with Crippen molar-refractivity contribution >= 4 is 30.1 Å². The van der Waals surface area contributed by atoms with E-state index in [2.05, 4.69) is 5.32 Å². The Morgan fingerprint density at radius 1 is 1.60 bits per heavy atom. The van der Waals surface area contributed by atoms with Crippen molar-refractivity contribution in [3.63, 3.8) is 0 Å². The Bertz CT molecular complexity index is 108. The van der Waals surface area contributed by atoms with Crippen molar-refractivity contribution in [3.05, 3.63) is 0 Å². The molecule has 0 rings (SSSR count). The first kappa shape index (κ1) is 12.5. The van der Waals surface area contributed by atoms with Crippen molar-refractivity contribution in [1.29, 1.82) is 0 Å². The van der Waals surface area contributed by atoms with Gasteiger partial charge in [0.2, 0.25) is 0 Å². The molecule has 0 spiro atoms. The van der Waals surface area contributed by atoms with Gasteiger partial charge in [0.05, 0.1) is 0 Å². The third-order valence-corrected chi connectivity index (χ3v) is 1.46. The third-order valence-electron chi connectivity index (χ3n) is 0.847. The molecule has 0 fully saturated rings. The Hall–Kier alpha value is -0.150. The third kappa shape index (κ3) is 5.98. The van der Waals surface area contributed by atoms with Crippen LogP contribution in [0.4, 0.5) is 4.79 Å². The van der Waals surface area contributed by atoms with Crippen LogP contribution < -0.4 is 5.32 Å². The van der Waals surface area contributed by atoms with Crippen molar-refractivity contribution < 1.29 is 9.90 Å². The first-order valence-corrected chi connectivity index (χ1v) is 3.11. The van der Waals surface area contributed by atoms with Gasteiger partial charge in [-0.15, -0.1) is 12.4 Å². The summed E-state index contributed by atoms with van der Waals surface area (Å²) in [5.74, 6) is 0.128. The molecule has 5 heteroatoms. The van der Waals surface area contributed by atoms with Crippen LogP contribution in [0.15, 0.2) is 0 Å². The zero-order valence-electron chi connectivity index (χ0n) is 5.80. The fourth-order valence-corrected chi connectivity index (χ4v) is 0.378. The van der Waals surface area contributed by atoms with Crippen molar-refractivity contribution in [2.45, 2.75) is 19.3 Å². The highest BCUT2D eigenvalue weighted by molar-refractivity contribution is 6.21. The molecule has 0 saturated heterocycles. The van der Waals surface area contributed by atoms with Gasteiger partial charge < -0.3 is 10.4 Å². The monoisotopic (exact) mass is 187 g/mol. The standard InChI is InChI=1S/C5H10ClNO2.ClH/c1-3(2)4(6)7-5(8)9;/h3-4,7H,1-2H3,(H,8,9);1H. The predicted octanol–water partition coefficient (Wildman–Crippen LogP) is 1.90. The van der Waals surface area contributed by atoms with E-state index >= 15 is 0 Å². The first-order chi connectivity index (χ1) is 4.04. The molecule has 0 saturated carbocycles. The number of hydrogen-bond acceptors (Lipinski definition) is 1. The number of nitrogens with one attached hydrogen (secondary N) is 1. The maximum atomic E-state index is 9.92. The second-order valence-electron chi connectivity index (χ2n) is 2.10. The second-order valence-corrected chi connectivity index (χ2v) is 2.57. The Morgan fingerprint density at radius 3 is 2.10 bits per heavy atom. The van der Waals surface area contributed by atoms with Gasteiger partial charge >= 0.3 is 6.09 Å². The van der Waals surface area contributed by atoms with Crippen LogP contribution in [0.2, 0.25) is 0 Å². The molecule has 0 heterocycles. The molecule has 0 aromatic carbocycles. The molecule has 0 aliphatic carbocycles. The Kier molecular flexibility index (Phi) is 7.04. The molecule has 3 nitrogen and oxygen atoms in total. The molecule has 0 aromatic heterocycles. The number of carboxylic acid groups (broad SMARTS) is 1. The second kappa shape index (κ2) is 5.62. The smallest absolute Gasteiger partial charge is 0.405 e. The molecule has 0 radical (unpaired) electrons. The lowest BCUT2D eigenvalue weighted by molar-refractivity contribution is 0.191. The fraction of sp³-hybridized carbons (Fsp3) is 0.800. The summed E-state index contributed by atoms with van der Waals surface area (Å²) in [6.07, 6.45) is -1.08. The van der Waals surface area contributed by atoms with Crippen molar-refractivity contribution in [2.24, 2.45) is 5.92 Å². The summed E-state index contributed by atoms with van der Waals surface area (Å²) in [4.78, 5) is 9.92. The average molecular weight is 188 g/mol. The summed E-state index contributed by atoms with van der Waals surface area (Å²) in [5, 5.41) is 10.3. The lowest BCUT2D eigenvalue weighted by atomic mass is 10.2. The SMILES string of the molecule is CC(C)C(Cl)NC(=O)O.Cl. The number of halogens is 2. The van der Waals surface area contributed by atoms with Gasteiger partial charge in [0.15, 0.2) is 0 Å². The van der Waals surface area contributed by atoms with Gasteiger partial charge in [-0.05, 0) is 5.92 Å². The molecule has 0 aliphatic heterocycles. The van der Waals surface area contributed by atoms with E-state index in [0.717, 1.165) is 0 Å². The van der Waals surface area contributed by atoms with Gasteiger partial charge in [-0.1, -0.05) is 25.4 Å². The topological polar surface area (TPSA) is 49.3 Å². The van der Waals surface area contributed by atoms with E-state index in [1.54, 1.807) is 0 Å². The van der Waals surface area contributed by atoms with E-state index < -0.39 is 11.6 Å². The minimum Gasteiger partial charge on any atom is -0.465 e. The fourth-order valence-electron chi connectivity index (χ4n) is 0.285. The summed E-state index contributed by atoms with van der Waals surface area (Å²) in [6.45, 7) is 3.68. The highest BCUT2D eigenvalue weighted by Crippen LogP contribution is 2.04. The number of hydrogen-bond donors (Lipinski definition) is 2.